The topological polar surface area (TPSA) is 569 Å². The molecule has 1 aromatic heterocycles. The minimum absolute atomic E-state index is 0.0507. The molecule has 482 valence electrons. The first-order valence-corrected chi connectivity index (χ1v) is 29.2. The number of para-hydroxylation sites is 1. The van der Waals surface area contributed by atoms with Gasteiger partial charge in [0.25, 0.3) is 0 Å². The molecule has 2 rings (SSSR count). The highest BCUT2D eigenvalue weighted by Gasteiger charge is 2.34. The van der Waals surface area contributed by atoms with Crippen LogP contribution in [-0.4, -0.2) is 208 Å². The second-order valence-electron chi connectivity index (χ2n) is 19.9. The molecule has 36 heteroatoms. The van der Waals surface area contributed by atoms with E-state index in [2.05, 4.69) is 81.4 Å². The monoisotopic (exact) mass is 1260 g/mol. The van der Waals surface area contributed by atoms with Crippen LogP contribution in [0.2, 0.25) is 0 Å². The molecule has 8 atom stereocenters. The summed E-state index contributed by atoms with van der Waals surface area (Å²) in [5.74, 6) is -15.2. The van der Waals surface area contributed by atoms with Gasteiger partial charge in [-0.2, -0.15) is 24.4 Å². The van der Waals surface area contributed by atoms with Gasteiger partial charge in [0.2, 0.25) is 59.1 Å². The van der Waals surface area contributed by atoms with Gasteiger partial charge in [0, 0.05) is 48.8 Å². The molecule has 10 amide bonds. The Bertz CT molecular complexity index is 2770. The molecule has 0 bridgehead atoms. The van der Waals surface area contributed by atoms with Gasteiger partial charge >= 0.3 is 17.9 Å². The number of hydrogen-bond acceptors (Lipinski definition) is 18. The number of aromatic amines is 1. The van der Waals surface area contributed by atoms with E-state index in [9.17, 15) is 77.6 Å². The zero-order valence-electron chi connectivity index (χ0n) is 48.1. The van der Waals surface area contributed by atoms with Gasteiger partial charge in [-0.1, -0.05) is 32.0 Å². The standard InChI is InChI=1S/C51H80N18O16S2/c1-25(2)41(48(83)67-32(49(84)85)11-7-16-58-51(55)56)69-47(82)33(18-26-20-59-29-10-5-4-8-27(26)29)64-38(72)23-61-43(78)31(14-17-87-3)66-45(80)30(12-13-39(73)74)63-36(70)22-62-44(79)35(24-86)68-46(81)34(19-40(75)76)65-37(71)21-60-42(77)28(52)9-6-15-57-50(53)54/h4-5,8,10,20,25,28,30-35,41,59,86H,6-7,9,11-19,21-24,52H2,1-3H3,(H,60,77)(H,61,78)(H,62,79)(H,63,70)(H,64,72)(H,65,71)(H,66,80)(H,67,83)(H,68,81)(H,69,82)(H,73,74)(H,75,76)(H,84,85)(H4,53,54,57)(H4,55,56,58)/t28-,30-,31-,32-,33-,34-,35-,41-/m0/s1. The Kier molecular flexibility index (Phi) is 33.2. The van der Waals surface area contributed by atoms with Gasteiger partial charge in [0.05, 0.1) is 32.1 Å². The van der Waals surface area contributed by atoms with Crippen LogP contribution in [0.3, 0.4) is 0 Å². The Morgan fingerprint density at radius 2 is 1.07 bits per heavy atom. The summed E-state index contributed by atoms with van der Waals surface area (Å²) in [5.41, 5.74) is 17.6. The highest BCUT2D eigenvalue weighted by Crippen LogP contribution is 2.20. The maximum Gasteiger partial charge on any atom is 0.326 e. The molecule has 87 heavy (non-hydrogen) atoms. The number of hydrogen-bond donors (Lipinski definition) is 22. The molecule has 0 unspecified atom stereocenters. The Morgan fingerprint density at radius 3 is 1.61 bits per heavy atom. The lowest BCUT2D eigenvalue weighted by Crippen LogP contribution is -2.59. The summed E-state index contributed by atoms with van der Waals surface area (Å²) >= 11 is 5.32. The average molecular weight is 1270 g/mol. The molecule has 24 N–H and O–H groups in total. The van der Waals surface area contributed by atoms with Crippen LogP contribution in [0.15, 0.2) is 30.5 Å². The maximum atomic E-state index is 14.1. The van der Waals surface area contributed by atoms with Crippen molar-refractivity contribution in [1.29, 1.82) is 10.8 Å². The lowest BCUT2D eigenvalue weighted by atomic mass is 10.00. The number of fused-ring (bicyclic) bond motifs is 1. The van der Waals surface area contributed by atoms with E-state index in [1.54, 1.807) is 50.6 Å². The average Bonchev–Trinajstić information content (AvgIpc) is 2.40. The van der Waals surface area contributed by atoms with E-state index in [1.165, 1.54) is 11.8 Å². The van der Waals surface area contributed by atoms with Crippen molar-refractivity contribution >= 4 is 124 Å². The number of guanidine groups is 2. The van der Waals surface area contributed by atoms with Gasteiger partial charge in [-0.3, -0.25) is 68.4 Å². The minimum Gasteiger partial charge on any atom is -0.481 e. The Balaban J connectivity index is 2.18. The number of carboxylic acids is 3. The van der Waals surface area contributed by atoms with Gasteiger partial charge in [-0.25, -0.2) is 4.79 Å². The molecule has 2 aromatic rings. The fourth-order valence-corrected chi connectivity index (χ4v) is 8.75. The van der Waals surface area contributed by atoms with E-state index in [0.717, 1.165) is 0 Å². The van der Waals surface area contributed by atoms with Gasteiger partial charge in [-0.15, -0.1) is 0 Å². The third-order valence-electron chi connectivity index (χ3n) is 12.6. The number of aromatic nitrogens is 1. The predicted molar refractivity (Wildman–Crippen MR) is 319 cm³/mol. The second-order valence-corrected chi connectivity index (χ2v) is 21.2. The number of rotatable bonds is 41. The largest absolute Gasteiger partial charge is 0.481 e. The van der Waals surface area contributed by atoms with Gasteiger partial charge in [0.15, 0.2) is 11.9 Å². The highest BCUT2D eigenvalue weighted by molar-refractivity contribution is 7.98. The minimum atomic E-state index is -1.79. The normalized spacial score (nSPS) is 13.6. The number of carbonyl (C=O) groups is 13. The molecule has 0 fully saturated rings. The molecule has 34 nitrogen and oxygen atoms in total. The zero-order valence-corrected chi connectivity index (χ0v) is 49.8. The molecule has 0 radical (unpaired) electrons. The summed E-state index contributed by atoms with van der Waals surface area (Å²) in [4.78, 5) is 172. The summed E-state index contributed by atoms with van der Waals surface area (Å²) < 4.78 is 0. The quantitative estimate of drug-likeness (QED) is 0.0128. The number of nitrogens with two attached hydrogens (primary N) is 3. The van der Waals surface area contributed by atoms with Crippen molar-refractivity contribution in [2.24, 2.45) is 23.1 Å². The number of H-pyrrole nitrogens is 1. The van der Waals surface area contributed by atoms with Crippen LogP contribution in [0.4, 0.5) is 0 Å². The zero-order chi connectivity index (χ0) is 65.3. The Morgan fingerprint density at radius 1 is 0.575 bits per heavy atom. The molecule has 0 aliphatic carbocycles. The van der Waals surface area contributed by atoms with Crippen LogP contribution in [0.5, 0.6) is 0 Å². The number of thiol groups is 1. The Hall–Kier alpha value is -8.93. The van der Waals surface area contributed by atoms with Crippen LogP contribution in [0.1, 0.15) is 70.8 Å². The van der Waals surface area contributed by atoms with Crippen LogP contribution in [-0.2, 0) is 68.7 Å². The summed E-state index contributed by atoms with van der Waals surface area (Å²) in [6.07, 6.45) is 1.59. The first kappa shape index (κ1) is 74.2. The molecule has 1 heterocycles. The number of aliphatic carboxylic acids is 3. The summed E-state index contributed by atoms with van der Waals surface area (Å²) in [7, 11) is 0. The van der Waals surface area contributed by atoms with Crippen molar-refractivity contribution in [3.05, 3.63) is 36.0 Å². The fourth-order valence-electron chi connectivity index (χ4n) is 8.02. The van der Waals surface area contributed by atoms with E-state index in [1.807, 2.05) is 0 Å². The summed E-state index contributed by atoms with van der Waals surface area (Å²) in [6.45, 7) is 1.24. The van der Waals surface area contributed by atoms with E-state index in [4.69, 9.17) is 28.0 Å². The summed E-state index contributed by atoms with van der Waals surface area (Å²) in [5, 5.41) is 72.6. The van der Waals surface area contributed by atoms with E-state index in [0.29, 0.717) is 22.9 Å². The van der Waals surface area contributed by atoms with Crippen molar-refractivity contribution in [1.82, 2.24) is 68.8 Å². The molecule has 0 aliphatic heterocycles. The Labute approximate surface area is 509 Å². The fraction of sp³-hybridized carbons (Fsp3) is 0.549. The molecule has 1 aromatic carbocycles. The number of nitrogens with one attached hydrogen (secondary N) is 15. The maximum absolute atomic E-state index is 14.1. The van der Waals surface area contributed by atoms with Crippen molar-refractivity contribution in [3.63, 3.8) is 0 Å². The predicted octanol–water partition coefficient (Wildman–Crippen LogP) is -5.93. The second kappa shape index (κ2) is 38.9. The molecule has 0 spiro atoms. The van der Waals surface area contributed by atoms with Gasteiger partial charge in [0.1, 0.15) is 42.3 Å². The third kappa shape index (κ3) is 28.7. The smallest absolute Gasteiger partial charge is 0.326 e. The van der Waals surface area contributed by atoms with Crippen LogP contribution in [0, 0.1) is 16.7 Å². The molecule has 0 saturated carbocycles. The van der Waals surface area contributed by atoms with E-state index in [-0.39, 0.29) is 62.9 Å². The number of thioether (sulfide) groups is 1. The van der Waals surface area contributed by atoms with Crippen molar-refractivity contribution in [2.45, 2.75) is 120 Å². The van der Waals surface area contributed by atoms with E-state index < -0.39 is 176 Å². The van der Waals surface area contributed by atoms with E-state index >= 15 is 0 Å². The molecule has 0 saturated heterocycles. The number of carbonyl (C=O) groups excluding carboxylic acids is 10. The number of amides is 10. The number of benzene rings is 1. The van der Waals surface area contributed by atoms with Gasteiger partial charge < -0.3 is 101 Å². The van der Waals surface area contributed by atoms with Crippen molar-refractivity contribution < 1.29 is 77.6 Å². The first-order valence-electron chi connectivity index (χ1n) is 27.2. The summed E-state index contributed by atoms with van der Waals surface area (Å²) in [6, 6.07) is -4.44. The molecule has 0 aliphatic rings. The third-order valence-corrected chi connectivity index (χ3v) is 13.6. The number of carboxylic acid groups (broad SMARTS) is 3. The first-order chi connectivity index (χ1) is 41.1. The van der Waals surface area contributed by atoms with Crippen molar-refractivity contribution in [3.8, 4) is 0 Å². The molecular weight excluding hydrogens is 1180 g/mol. The SMILES string of the molecule is CSCC[C@H](NC(=O)[C@H](CCC(=O)O)NC(=O)CNC(=O)[C@H](CS)NC(=O)[C@H](CC(=O)O)NC(=O)CNC(=O)[C@@H](N)CCCNC(=N)N)C(=O)NCC(=O)N[C@@H](Cc1c[nH]c2ccccc12)C(=O)N[C@H](C(=O)N[C@@H](CCCNC(=N)N)C(=O)O)C(C)C. The lowest BCUT2D eigenvalue weighted by Gasteiger charge is -2.27. The van der Waals surface area contributed by atoms with Gasteiger partial charge in [-0.05, 0) is 68.1 Å². The van der Waals surface area contributed by atoms with Crippen LogP contribution < -0.4 is 81.0 Å². The lowest BCUT2D eigenvalue weighted by molar-refractivity contribution is -0.143. The van der Waals surface area contributed by atoms with Crippen LogP contribution in [0.25, 0.3) is 10.9 Å². The van der Waals surface area contributed by atoms with Crippen LogP contribution >= 0.6 is 24.4 Å². The molecular formula is C51H80N18O16S2. The highest BCUT2D eigenvalue weighted by atomic mass is 32.2. The van der Waals surface area contributed by atoms with Crippen molar-refractivity contribution in [2.75, 3.05) is 50.5 Å².